The lowest BCUT2D eigenvalue weighted by Gasteiger charge is -2.40. The predicted octanol–water partition coefficient (Wildman–Crippen LogP) is 7.31. The Bertz CT molecular complexity index is 1360. The Morgan fingerprint density at radius 1 is 0.707 bits per heavy atom. The van der Waals surface area contributed by atoms with E-state index in [1.165, 1.54) is 64.2 Å². The Hall–Kier alpha value is -2.74. The first-order chi connectivity index (χ1) is 28.2. The van der Waals surface area contributed by atoms with Gasteiger partial charge in [0, 0.05) is 24.2 Å². The average molecular weight is 814 g/mol. The maximum absolute atomic E-state index is 13.0. The third-order valence-corrected chi connectivity index (χ3v) is 11.1. The van der Waals surface area contributed by atoms with E-state index in [1.54, 1.807) is 0 Å². The van der Waals surface area contributed by atoms with Crippen LogP contribution in [0.4, 0.5) is 0 Å². The third kappa shape index (κ3) is 19.5. The van der Waals surface area contributed by atoms with Gasteiger partial charge in [-0.1, -0.05) is 165 Å². The van der Waals surface area contributed by atoms with Crippen molar-refractivity contribution in [3.8, 4) is 0 Å². The van der Waals surface area contributed by atoms with Crippen LogP contribution in [0.25, 0.3) is 0 Å². The number of rotatable bonds is 33. The highest BCUT2D eigenvalue weighted by Gasteiger charge is 2.44. The van der Waals surface area contributed by atoms with E-state index in [4.69, 9.17) is 14.2 Å². The average Bonchev–Trinajstić information content (AvgIpc) is 3.24. The van der Waals surface area contributed by atoms with Crippen molar-refractivity contribution in [2.75, 3.05) is 19.8 Å². The minimum Gasteiger partial charge on any atom is -0.394 e. The first-order valence-corrected chi connectivity index (χ1v) is 22.4. The summed E-state index contributed by atoms with van der Waals surface area (Å²) in [7, 11) is 0. The molecule has 3 rings (SSSR count). The molecular formula is C47H75NO10. The molecule has 1 aliphatic rings. The molecule has 6 N–H and O–H groups in total. The number of carbonyl (C=O) groups is 2. The summed E-state index contributed by atoms with van der Waals surface area (Å²) in [5.74, 6) is -0.201. The number of nitrogens with one attached hydrogen (secondary N) is 1. The maximum Gasteiger partial charge on any atom is 0.220 e. The summed E-state index contributed by atoms with van der Waals surface area (Å²) in [6, 6.07) is 16.1. The molecule has 11 heteroatoms. The van der Waals surface area contributed by atoms with Gasteiger partial charge in [0.2, 0.25) is 5.91 Å². The molecule has 1 saturated heterocycles. The molecule has 7 atom stereocenters. The molecule has 328 valence electrons. The summed E-state index contributed by atoms with van der Waals surface area (Å²) < 4.78 is 17.1. The van der Waals surface area contributed by atoms with Gasteiger partial charge in [0.05, 0.1) is 32.0 Å². The summed E-state index contributed by atoms with van der Waals surface area (Å²) >= 11 is 0. The number of hydrogen-bond acceptors (Lipinski definition) is 10. The van der Waals surface area contributed by atoms with Crippen molar-refractivity contribution in [1.29, 1.82) is 0 Å². The molecule has 1 aliphatic heterocycles. The Morgan fingerprint density at radius 2 is 1.29 bits per heavy atom. The molecule has 1 heterocycles. The lowest BCUT2D eigenvalue weighted by atomic mass is 9.99. The van der Waals surface area contributed by atoms with Crippen LogP contribution in [0.15, 0.2) is 54.6 Å². The number of amides is 1. The van der Waals surface area contributed by atoms with Gasteiger partial charge in [-0.25, -0.2) is 0 Å². The van der Waals surface area contributed by atoms with Crippen molar-refractivity contribution in [3.63, 3.8) is 0 Å². The topological polar surface area (TPSA) is 175 Å². The fourth-order valence-electron chi connectivity index (χ4n) is 7.45. The molecule has 0 aromatic heterocycles. The molecule has 0 radical (unpaired) electrons. The van der Waals surface area contributed by atoms with Gasteiger partial charge in [0.15, 0.2) is 12.1 Å². The number of carbonyl (C=O) groups excluding carboxylic acids is 2. The zero-order valence-corrected chi connectivity index (χ0v) is 35.2. The van der Waals surface area contributed by atoms with Gasteiger partial charge in [0.1, 0.15) is 24.4 Å². The Morgan fingerprint density at radius 3 is 1.93 bits per heavy atom. The van der Waals surface area contributed by atoms with Crippen molar-refractivity contribution in [2.45, 2.75) is 191 Å². The van der Waals surface area contributed by atoms with Crippen LogP contribution in [0.1, 0.15) is 163 Å². The van der Waals surface area contributed by atoms with Gasteiger partial charge in [-0.2, -0.15) is 0 Å². The minimum absolute atomic E-state index is 0.00148. The van der Waals surface area contributed by atoms with Crippen LogP contribution in [0.2, 0.25) is 0 Å². The number of aliphatic hydroxyl groups excluding tert-OH is 5. The van der Waals surface area contributed by atoms with E-state index in [9.17, 15) is 35.1 Å². The lowest BCUT2D eigenvalue weighted by Crippen LogP contribution is -2.60. The van der Waals surface area contributed by atoms with Crippen LogP contribution in [0.3, 0.4) is 0 Å². The summed E-state index contributed by atoms with van der Waals surface area (Å²) in [6.45, 7) is 2.58. The number of aliphatic hydroxyl groups is 5. The number of ether oxygens (including phenoxy) is 3. The van der Waals surface area contributed by atoms with E-state index in [2.05, 4.69) is 12.2 Å². The van der Waals surface area contributed by atoms with Gasteiger partial charge in [-0.3, -0.25) is 9.59 Å². The van der Waals surface area contributed by atoms with E-state index in [0.29, 0.717) is 43.6 Å². The summed E-state index contributed by atoms with van der Waals surface area (Å²) in [5.41, 5.74) is 2.29. The largest absolute Gasteiger partial charge is 0.394 e. The van der Waals surface area contributed by atoms with Crippen molar-refractivity contribution in [1.82, 2.24) is 5.32 Å². The maximum atomic E-state index is 13.0. The molecule has 1 amide bonds. The quantitative estimate of drug-likeness (QED) is 0.0317. The second-order valence-corrected chi connectivity index (χ2v) is 16.1. The second-order valence-electron chi connectivity index (χ2n) is 16.1. The highest BCUT2D eigenvalue weighted by Crippen LogP contribution is 2.23. The van der Waals surface area contributed by atoms with Crippen molar-refractivity contribution in [2.24, 2.45) is 0 Å². The highest BCUT2D eigenvalue weighted by atomic mass is 16.7. The zero-order valence-electron chi connectivity index (χ0n) is 35.2. The van der Waals surface area contributed by atoms with Gasteiger partial charge < -0.3 is 45.1 Å². The predicted molar refractivity (Wildman–Crippen MR) is 226 cm³/mol. The lowest BCUT2D eigenvalue weighted by molar-refractivity contribution is -0.302. The van der Waals surface area contributed by atoms with E-state index >= 15 is 0 Å². The van der Waals surface area contributed by atoms with Gasteiger partial charge in [0.25, 0.3) is 0 Å². The molecule has 0 saturated carbocycles. The van der Waals surface area contributed by atoms with Crippen LogP contribution in [-0.2, 0) is 25.6 Å². The van der Waals surface area contributed by atoms with Gasteiger partial charge in [-0.15, -0.1) is 0 Å². The molecule has 0 bridgehead atoms. The van der Waals surface area contributed by atoms with E-state index in [-0.39, 0.29) is 18.3 Å². The number of unbranched alkanes of at least 4 members (excludes halogenated alkanes) is 17. The number of hydrogen-bond donors (Lipinski definition) is 6. The van der Waals surface area contributed by atoms with Gasteiger partial charge in [-0.05, 0) is 30.9 Å². The van der Waals surface area contributed by atoms with Crippen LogP contribution >= 0.6 is 0 Å². The molecule has 2 aromatic carbocycles. The highest BCUT2D eigenvalue weighted by molar-refractivity contribution is 6.09. The molecule has 11 nitrogen and oxygen atoms in total. The van der Waals surface area contributed by atoms with Crippen molar-refractivity contribution >= 4 is 11.7 Å². The summed E-state index contributed by atoms with van der Waals surface area (Å²) in [6.07, 6.45) is 14.2. The Balaban J connectivity index is 1.31. The first kappa shape index (κ1) is 49.6. The molecule has 0 spiro atoms. The molecular weight excluding hydrogens is 739 g/mol. The standard InChI is InChI=1S/C47H75NO10/c1-2-3-4-5-6-7-8-9-10-11-12-15-21-29-40(50)39(35-57-47-46(55)45(54)44(53)41(33-49)58-47)48-42(51)30-22-16-13-14-17-23-31-56-34-36-25-24-28-38(32-36)43(52)37-26-19-18-20-27-37/h18-20,24-28,32,39-41,44-47,49-50,53-55H,2-17,21-23,29-31,33-35H2,1H3,(H,48,51)/t39-,40+,41?,44?,45?,46?,47?/m0/s1. The van der Waals surface area contributed by atoms with Crippen LogP contribution in [0, 0.1) is 0 Å². The Kier molecular flexibility index (Phi) is 25.9. The number of benzene rings is 2. The SMILES string of the molecule is CCCCCCCCCCCCCCC[C@@H](O)[C@H](COC1OC(CO)C(O)C(O)C1O)NC(=O)CCCCCCCCOCc1cccc(C(=O)c2ccccc2)c1. The first-order valence-electron chi connectivity index (χ1n) is 22.4. The fraction of sp³-hybridized carbons (Fsp3) is 0.702. The third-order valence-electron chi connectivity index (χ3n) is 11.1. The summed E-state index contributed by atoms with van der Waals surface area (Å²) in [5, 5.41) is 54.3. The molecule has 5 unspecified atom stereocenters. The van der Waals surface area contributed by atoms with Crippen LogP contribution in [0.5, 0.6) is 0 Å². The monoisotopic (exact) mass is 814 g/mol. The molecule has 1 fully saturated rings. The van der Waals surface area contributed by atoms with Crippen molar-refractivity contribution in [3.05, 3.63) is 71.3 Å². The Labute approximate surface area is 347 Å². The normalized spacial score (nSPS) is 20.5. The number of ketones is 1. The smallest absolute Gasteiger partial charge is 0.220 e. The van der Waals surface area contributed by atoms with Gasteiger partial charge >= 0.3 is 0 Å². The second kappa shape index (κ2) is 30.3. The van der Waals surface area contributed by atoms with Crippen LogP contribution < -0.4 is 5.32 Å². The molecule has 58 heavy (non-hydrogen) atoms. The molecule has 2 aromatic rings. The van der Waals surface area contributed by atoms with E-state index in [0.717, 1.165) is 56.9 Å². The molecule has 0 aliphatic carbocycles. The fourth-order valence-corrected chi connectivity index (χ4v) is 7.45. The van der Waals surface area contributed by atoms with Crippen molar-refractivity contribution < 1.29 is 49.3 Å². The van der Waals surface area contributed by atoms with Crippen LogP contribution in [-0.4, -0.2) is 99.9 Å². The summed E-state index contributed by atoms with van der Waals surface area (Å²) in [4.78, 5) is 25.8. The minimum atomic E-state index is -1.58. The van der Waals surface area contributed by atoms with E-state index < -0.39 is 49.5 Å². The zero-order chi connectivity index (χ0) is 41.8. The van der Waals surface area contributed by atoms with E-state index in [1.807, 2.05) is 54.6 Å².